The molecule has 1 fully saturated rings. The van der Waals surface area contributed by atoms with Crippen LogP contribution in [0.1, 0.15) is 101 Å². The molecule has 0 radical (unpaired) electrons. The topological polar surface area (TPSA) is 253 Å². The third kappa shape index (κ3) is 15.1. The number of rotatable bonds is 26. The van der Waals surface area contributed by atoms with Crippen molar-refractivity contribution < 1.29 is 33.6 Å². The minimum Gasteiger partial charge on any atom is -0.343 e. The zero-order valence-corrected chi connectivity index (χ0v) is 34.5. The summed E-state index contributed by atoms with van der Waals surface area (Å²) in [6.07, 6.45) is 5.22. The first-order valence-corrected chi connectivity index (χ1v) is 20.5. The molecule has 16 heteroatoms. The second kappa shape index (κ2) is 24.8. The standard InChI is InChI=1S/C42H65N9O7/c1-5-6-11-28-15-17-29(18-16-28)30-19-21-31(22-20-30)37(52)46-32(12-7-9-24-43)38(53)47-33(13-8-10-25-44)40(55)50-36(45)41(56)48-34(23-14-27(2)3)39(54)49-35-26-51(58-4)42(35)57/h15-22,27,32-36H,5-14,23-26,43-45H2,1-4H3,(H,46,52)(H,47,53)(H,48,56)(H,49,54)(H,50,55)/t32-,33-,34-,35+,36+/m0/s1. The summed E-state index contributed by atoms with van der Waals surface area (Å²) in [6, 6.07) is 11.6. The third-order valence-corrected chi connectivity index (χ3v) is 10.1. The Kier molecular flexibility index (Phi) is 20.3. The Balaban J connectivity index is 1.68. The number of hydrogen-bond acceptors (Lipinski definition) is 10. The number of nitrogens with two attached hydrogens (primary N) is 3. The van der Waals surface area contributed by atoms with Crippen molar-refractivity contribution in [3.63, 3.8) is 0 Å². The lowest BCUT2D eigenvalue weighted by Crippen LogP contribution is -2.66. The van der Waals surface area contributed by atoms with Gasteiger partial charge in [-0.25, -0.2) is 5.06 Å². The molecule has 16 nitrogen and oxygen atoms in total. The van der Waals surface area contributed by atoms with Gasteiger partial charge in [-0.15, -0.1) is 0 Å². The zero-order valence-electron chi connectivity index (χ0n) is 34.5. The fraction of sp³-hybridized carbons (Fsp3) is 0.571. The number of nitrogens with zero attached hydrogens (tertiary/aromatic N) is 1. The van der Waals surface area contributed by atoms with E-state index < -0.39 is 65.8 Å². The fourth-order valence-corrected chi connectivity index (χ4v) is 6.39. The average molecular weight is 808 g/mol. The minimum absolute atomic E-state index is 0.165. The van der Waals surface area contributed by atoms with E-state index in [1.807, 2.05) is 26.0 Å². The number of benzene rings is 2. The average Bonchev–Trinajstić information content (AvgIpc) is 3.21. The van der Waals surface area contributed by atoms with Gasteiger partial charge in [-0.1, -0.05) is 63.6 Å². The van der Waals surface area contributed by atoms with E-state index in [-0.39, 0.29) is 31.7 Å². The van der Waals surface area contributed by atoms with E-state index in [1.165, 1.54) is 12.7 Å². The van der Waals surface area contributed by atoms with E-state index in [0.29, 0.717) is 50.8 Å². The summed E-state index contributed by atoms with van der Waals surface area (Å²) in [5, 5.41) is 14.4. The Morgan fingerprint density at radius 1 is 0.707 bits per heavy atom. The second-order valence-corrected chi connectivity index (χ2v) is 15.2. The predicted octanol–water partition coefficient (Wildman–Crippen LogP) is 1.75. The molecule has 0 aliphatic carbocycles. The van der Waals surface area contributed by atoms with Crippen molar-refractivity contribution in [2.75, 3.05) is 26.7 Å². The lowest BCUT2D eigenvalue weighted by Gasteiger charge is -2.36. The molecule has 5 atom stereocenters. The minimum atomic E-state index is -1.58. The van der Waals surface area contributed by atoms with Crippen LogP contribution in [0.4, 0.5) is 0 Å². The van der Waals surface area contributed by atoms with Gasteiger partial charge in [0.1, 0.15) is 24.2 Å². The maximum absolute atomic E-state index is 13.8. The van der Waals surface area contributed by atoms with Crippen molar-refractivity contribution in [2.24, 2.45) is 23.1 Å². The van der Waals surface area contributed by atoms with E-state index in [1.54, 1.807) is 12.1 Å². The normalized spacial score (nSPS) is 15.8. The summed E-state index contributed by atoms with van der Waals surface area (Å²) in [4.78, 5) is 84.3. The summed E-state index contributed by atoms with van der Waals surface area (Å²) < 4.78 is 0. The van der Waals surface area contributed by atoms with Gasteiger partial charge < -0.3 is 43.8 Å². The van der Waals surface area contributed by atoms with Gasteiger partial charge in [-0.3, -0.25) is 33.6 Å². The van der Waals surface area contributed by atoms with Crippen LogP contribution in [0.25, 0.3) is 11.1 Å². The van der Waals surface area contributed by atoms with E-state index in [0.717, 1.165) is 35.5 Å². The van der Waals surface area contributed by atoms with Gasteiger partial charge in [0.05, 0.1) is 13.7 Å². The monoisotopic (exact) mass is 808 g/mol. The van der Waals surface area contributed by atoms with Crippen LogP contribution in [0, 0.1) is 5.92 Å². The number of carbonyl (C=O) groups is 6. The number of nitrogens with one attached hydrogen (secondary N) is 5. The van der Waals surface area contributed by atoms with Crippen LogP contribution in [0.5, 0.6) is 0 Å². The van der Waals surface area contributed by atoms with Gasteiger partial charge in [0.15, 0.2) is 6.17 Å². The number of β-lactam (4-membered cyclic amide) rings is 1. The molecule has 58 heavy (non-hydrogen) atoms. The fourth-order valence-electron chi connectivity index (χ4n) is 6.39. The lowest BCUT2D eigenvalue weighted by atomic mass is 10.0. The van der Waals surface area contributed by atoms with Crippen LogP contribution in [-0.2, 0) is 35.2 Å². The summed E-state index contributed by atoms with van der Waals surface area (Å²) in [7, 11) is 1.35. The molecule has 0 bridgehead atoms. The molecule has 2 aromatic carbocycles. The highest BCUT2D eigenvalue weighted by Gasteiger charge is 2.40. The highest BCUT2D eigenvalue weighted by Crippen LogP contribution is 2.21. The molecule has 11 N–H and O–H groups in total. The van der Waals surface area contributed by atoms with E-state index in [9.17, 15) is 28.8 Å². The molecule has 0 aromatic heterocycles. The molecule has 0 spiro atoms. The van der Waals surface area contributed by atoms with Gasteiger partial charge in [0.2, 0.25) is 17.7 Å². The van der Waals surface area contributed by atoms with Gasteiger partial charge in [-0.2, -0.15) is 0 Å². The maximum Gasteiger partial charge on any atom is 0.270 e. The Bertz CT molecular complexity index is 1640. The van der Waals surface area contributed by atoms with Crippen LogP contribution < -0.4 is 43.8 Å². The highest BCUT2D eigenvalue weighted by molar-refractivity contribution is 5.99. The molecule has 0 saturated carbocycles. The van der Waals surface area contributed by atoms with Gasteiger partial charge in [0.25, 0.3) is 17.7 Å². The molecule has 0 unspecified atom stereocenters. The van der Waals surface area contributed by atoms with Crippen molar-refractivity contribution in [2.45, 2.75) is 122 Å². The second-order valence-electron chi connectivity index (χ2n) is 15.2. The third-order valence-electron chi connectivity index (χ3n) is 10.1. The largest absolute Gasteiger partial charge is 0.343 e. The Labute approximate surface area is 342 Å². The van der Waals surface area contributed by atoms with E-state index in [4.69, 9.17) is 22.0 Å². The van der Waals surface area contributed by atoms with Crippen molar-refractivity contribution in [1.82, 2.24) is 31.6 Å². The molecular formula is C42H65N9O7. The molecule has 1 aliphatic heterocycles. The predicted molar refractivity (Wildman–Crippen MR) is 222 cm³/mol. The van der Waals surface area contributed by atoms with Gasteiger partial charge in [0, 0.05) is 5.56 Å². The zero-order chi connectivity index (χ0) is 42.6. The van der Waals surface area contributed by atoms with Gasteiger partial charge in [-0.05, 0) is 112 Å². The molecular weight excluding hydrogens is 743 g/mol. The number of carbonyl (C=O) groups excluding carboxylic acids is 6. The summed E-state index contributed by atoms with van der Waals surface area (Å²) in [5.74, 6) is -3.36. The van der Waals surface area contributed by atoms with E-state index >= 15 is 0 Å². The molecule has 2 aromatic rings. The molecule has 1 saturated heterocycles. The Morgan fingerprint density at radius 2 is 1.24 bits per heavy atom. The number of aryl methyl sites for hydroxylation is 1. The molecule has 320 valence electrons. The van der Waals surface area contributed by atoms with Crippen molar-refractivity contribution in [3.05, 3.63) is 59.7 Å². The van der Waals surface area contributed by atoms with Crippen LogP contribution in [0.3, 0.4) is 0 Å². The van der Waals surface area contributed by atoms with Crippen molar-refractivity contribution in [1.29, 1.82) is 0 Å². The van der Waals surface area contributed by atoms with E-state index in [2.05, 4.69) is 57.8 Å². The Morgan fingerprint density at radius 3 is 1.78 bits per heavy atom. The summed E-state index contributed by atoms with van der Waals surface area (Å²) in [5.41, 5.74) is 21.2. The first-order chi connectivity index (χ1) is 27.8. The number of unbranched alkanes of at least 4 members (excludes halogenated alkanes) is 3. The number of hydrogen-bond donors (Lipinski definition) is 8. The summed E-state index contributed by atoms with van der Waals surface area (Å²) in [6.45, 7) is 7.03. The Hall–Kier alpha value is -4.90. The number of hydroxylamine groups is 2. The van der Waals surface area contributed by atoms with Gasteiger partial charge >= 0.3 is 0 Å². The summed E-state index contributed by atoms with van der Waals surface area (Å²) >= 11 is 0. The SMILES string of the molecule is CCCCc1ccc(-c2ccc(C(=O)N[C@@H](CCCCN)C(=O)N[C@@H](CCCCN)C(=O)N[C@@H](N)C(=O)N[C@@H](CCC(C)C)C(=O)N[C@@H]3CN(OC)C3=O)cc2)cc1. The molecule has 3 rings (SSSR count). The van der Waals surface area contributed by atoms with Crippen molar-refractivity contribution in [3.8, 4) is 11.1 Å². The van der Waals surface area contributed by atoms with Crippen molar-refractivity contribution >= 4 is 35.4 Å². The quantitative estimate of drug-likeness (QED) is 0.0388. The highest BCUT2D eigenvalue weighted by atomic mass is 16.7. The number of amides is 6. The molecule has 1 heterocycles. The van der Waals surface area contributed by atoms with Crippen LogP contribution in [0.15, 0.2) is 48.5 Å². The molecule has 1 aliphatic rings. The lowest BCUT2D eigenvalue weighted by molar-refractivity contribution is -0.203. The first kappa shape index (κ1) is 47.5. The maximum atomic E-state index is 13.8. The van der Waals surface area contributed by atoms with Crippen LogP contribution in [0.2, 0.25) is 0 Å². The molecule has 6 amide bonds. The first-order valence-electron chi connectivity index (χ1n) is 20.5. The smallest absolute Gasteiger partial charge is 0.270 e. The van der Waals surface area contributed by atoms with Crippen LogP contribution >= 0.6 is 0 Å². The van der Waals surface area contributed by atoms with Crippen LogP contribution in [-0.4, -0.2) is 97.6 Å².